The SMILES string of the molecule is CCC1CCC(c2ccc(C(=O)OC(C)/C=C(C#N)\C(F)=C\C#N)cc2)CC1. The molecule has 1 aromatic rings. The summed E-state index contributed by atoms with van der Waals surface area (Å²) >= 11 is 0. The van der Waals surface area contributed by atoms with Crippen LogP contribution in [-0.2, 0) is 4.74 Å². The lowest BCUT2D eigenvalue weighted by molar-refractivity contribution is 0.0423. The number of allylic oxidation sites excluding steroid dienone is 3. The van der Waals surface area contributed by atoms with Crippen LogP contribution in [0.25, 0.3) is 0 Å². The first-order valence-corrected chi connectivity index (χ1v) is 9.67. The molecule has 0 spiro atoms. The molecule has 1 aromatic carbocycles. The van der Waals surface area contributed by atoms with Gasteiger partial charge in [-0.25, -0.2) is 9.18 Å². The molecule has 0 aliphatic heterocycles. The predicted octanol–water partition coefficient (Wildman–Crippen LogP) is 5.74. The van der Waals surface area contributed by atoms with Crippen LogP contribution in [0.15, 0.2) is 47.8 Å². The largest absolute Gasteiger partial charge is 0.455 e. The molecule has 1 saturated carbocycles. The van der Waals surface area contributed by atoms with E-state index in [9.17, 15) is 9.18 Å². The highest BCUT2D eigenvalue weighted by atomic mass is 19.1. The van der Waals surface area contributed by atoms with Crippen molar-refractivity contribution in [2.75, 3.05) is 0 Å². The minimum Gasteiger partial charge on any atom is -0.455 e. The van der Waals surface area contributed by atoms with Crippen molar-refractivity contribution in [2.24, 2.45) is 5.92 Å². The lowest BCUT2D eigenvalue weighted by atomic mass is 9.78. The van der Waals surface area contributed by atoms with Gasteiger partial charge in [0.1, 0.15) is 12.2 Å². The molecule has 0 radical (unpaired) electrons. The summed E-state index contributed by atoms with van der Waals surface area (Å²) in [6.45, 7) is 3.78. The quantitative estimate of drug-likeness (QED) is 0.358. The molecule has 1 aliphatic rings. The van der Waals surface area contributed by atoms with Crippen molar-refractivity contribution < 1.29 is 13.9 Å². The van der Waals surface area contributed by atoms with Crippen LogP contribution in [0.2, 0.25) is 0 Å². The Kier molecular flexibility index (Phi) is 7.96. The minimum atomic E-state index is -0.949. The highest BCUT2D eigenvalue weighted by Gasteiger charge is 2.21. The zero-order valence-electron chi connectivity index (χ0n) is 16.3. The summed E-state index contributed by atoms with van der Waals surface area (Å²) in [6.07, 6.45) is 7.14. The van der Waals surface area contributed by atoms with Crippen LogP contribution >= 0.6 is 0 Å². The molecular weight excluding hydrogens is 355 g/mol. The van der Waals surface area contributed by atoms with Crippen molar-refractivity contribution >= 4 is 5.97 Å². The molecule has 1 aliphatic carbocycles. The number of nitrogens with zero attached hydrogens (tertiary/aromatic N) is 2. The molecule has 28 heavy (non-hydrogen) atoms. The molecule has 1 atom stereocenters. The zero-order valence-corrected chi connectivity index (χ0v) is 16.3. The fraction of sp³-hybridized carbons (Fsp3) is 0.435. The van der Waals surface area contributed by atoms with Gasteiger partial charge in [0.2, 0.25) is 0 Å². The smallest absolute Gasteiger partial charge is 0.338 e. The van der Waals surface area contributed by atoms with Gasteiger partial charge >= 0.3 is 5.97 Å². The molecule has 4 nitrogen and oxygen atoms in total. The Morgan fingerprint density at radius 3 is 2.43 bits per heavy atom. The second-order valence-corrected chi connectivity index (χ2v) is 7.17. The van der Waals surface area contributed by atoms with Gasteiger partial charge in [-0.1, -0.05) is 25.5 Å². The molecule has 1 fully saturated rings. The summed E-state index contributed by atoms with van der Waals surface area (Å²) < 4.78 is 18.8. The number of hydrogen-bond donors (Lipinski definition) is 0. The molecule has 5 heteroatoms. The number of ether oxygens (including phenoxy) is 1. The first-order chi connectivity index (χ1) is 13.5. The number of nitriles is 2. The number of esters is 1. The van der Waals surface area contributed by atoms with Gasteiger partial charge in [-0.3, -0.25) is 0 Å². The average Bonchev–Trinajstić information content (AvgIpc) is 2.72. The molecule has 2 rings (SSSR count). The van der Waals surface area contributed by atoms with Crippen LogP contribution in [0.3, 0.4) is 0 Å². The van der Waals surface area contributed by atoms with Gasteiger partial charge < -0.3 is 4.74 Å². The third kappa shape index (κ3) is 5.79. The van der Waals surface area contributed by atoms with Gasteiger partial charge in [0.05, 0.1) is 23.3 Å². The van der Waals surface area contributed by atoms with E-state index < -0.39 is 17.9 Å². The standard InChI is InChI=1S/C23H25FN2O2/c1-3-17-4-6-18(7-5-17)19-8-10-20(11-9-19)23(27)28-16(2)14-21(15-26)22(24)12-13-25/h8-12,14,16-18H,3-7H2,1-2H3/b21-14-,22-12-. The molecule has 0 N–H and O–H groups in total. The van der Waals surface area contributed by atoms with E-state index in [2.05, 4.69) is 6.92 Å². The minimum absolute atomic E-state index is 0.333. The molecule has 0 amide bonds. The number of carbonyl (C=O) groups is 1. The molecule has 0 heterocycles. The number of carbonyl (C=O) groups excluding carboxylic acids is 1. The van der Waals surface area contributed by atoms with Crippen molar-refractivity contribution in [2.45, 2.75) is 58.0 Å². The molecule has 0 bridgehead atoms. The number of halogens is 1. The predicted molar refractivity (Wildman–Crippen MR) is 105 cm³/mol. The Morgan fingerprint density at radius 1 is 1.25 bits per heavy atom. The Hall–Kier alpha value is -2.92. The summed E-state index contributed by atoms with van der Waals surface area (Å²) in [5.74, 6) is -0.101. The topological polar surface area (TPSA) is 73.9 Å². The summed E-state index contributed by atoms with van der Waals surface area (Å²) in [6, 6.07) is 10.6. The van der Waals surface area contributed by atoms with E-state index in [1.165, 1.54) is 56.7 Å². The molecule has 1 unspecified atom stereocenters. The maximum absolute atomic E-state index is 13.6. The Morgan fingerprint density at radius 2 is 1.89 bits per heavy atom. The highest BCUT2D eigenvalue weighted by Crippen LogP contribution is 2.36. The highest BCUT2D eigenvalue weighted by molar-refractivity contribution is 5.89. The molecule has 0 aromatic heterocycles. The van der Waals surface area contributed by atoms with Crippen molar-refractivity contribution in [1.29, 1.82) is 10.5 Å². The van der Waals surface area contributed by atoms with E-state index in [4.69, 9.17) is 15.3 Å². The van der Waals surface area contributed by atoms with Crippen LogP contribution in [-0.4, -0.2) is 12.1 Å². The van der Waals surface area contributed by atoms with Gasteiger partial charge in [0, 0.05) is 0 Å². The van der Waals surface area contributed by atoms with Gasteiger partial charge in [-0.2, -0.15) is 10.5 Å². The van der Waals surface area contributed by atoms with Crippen LogP contribution in [0.4, 0.5) is 4.39 Å². The number of rotatable bonds is 6. The first-order valence-electron chi connectivity index (χ1n) is 9.67. The van der Waals surface area contributed by atoms with Crippen molar-refractivity contribution in [3.63, 3.8) is 0 Å². The Bertz CT molecular complexity index is 820. The van der Waals surface area contributed by atoms with Crippen LogP contribution in [0, 0.1) is 28.6 Å². The third-order valence-electron chi connectivity index (χ3n) is 5.31. The Labute approximate surface area is 165 Å². The maximum atomic E-state index is 13.6. The first kappa shape index (κ1) is 21.4. The third-order valence-corrected chi connectivity index (χ3v) is 5.31. The van der Waals surface area contributed by atoms with Crippen LogP contribution < -0.4 is 0 Å². The summed E-state index contributed by atoms with van der Waals surface area (Å²) in [5.41, 5.74) is 1.33. The zero-order chi connectivity index (χ0) is 20.5. The van der Waals surface area contributed by atoms with E-state index in [0.717, 1.165) is 5.92 Å². The monoisotopic (exact) mass is 380 g/mol. The summed E-state index contributed by atoms with van der Waals surface area (Å²) in [7, 11) is 0. The van der Waals surface area contributed by atoms with Gasteiger partial charge in [-0.05, 0) is 68.2 Å². The van der Waals surface area contributed by atoms with Crippen LogP contribution in [0.1, 0.15) is 67.8 Å². The van der Waals surface area contributed by atoms with E-state index in [1.807, 2.05) is 12.1 Å². The maximum Gasteiger partial charge on any atom is 0.338 e. The van der Waals surface area contributed by atoms with Crippen molar-refractivity contribution in [1.82, 2.24) is 0 Å². The normalized spacial score (nSPS) is 21.3. The Balaban J connectivity index is 1.98. The average molecular weight is 380 g/mol. The fourth-order valence-electron chi connectivity index (χ4n) is 3.61. The van der Waals surface area contributed by atoms with Gasteiger partial charge in [0.25, 0.3) is 0 Å². The number of hydrogen-bond acceptors (Lipinski definition) is 4. The van der Waals surface area contributed by atoms with Crippen molar-refractivity contribution in [3.8, 4) is 12.1 Å². The lowest BCUT2D eigenvalue weighted by Crippen LogP contribution is -2.14. The summed E-state index contributed by atoms with van der Waals surface area (Å²) in [5, 5.41) is 17.4. The van der Waals surface area contributed by atoms with Crippen LogP contribution in [0.5, 0.6) is 0 Å². The second-order valence-electron chi connectivity index (χ2n) is 7.17. The molecule has 0 saturated heterocycles. The van der Waals surface area contributed by atoms with E-state index in [-0.39, 0.29) is 5.57 Å². The fourth-order valence-corrected chi connectivity index (χ4v) is 3.61. The van der Waals surface area contributed by atoms with E-state index in [0.29, 0.717) is 17.6 Å². The van der Waals surface area contributed by atoms with Gasteiger partial charge in [0.15, 0.2) is 5.83 Å². The van der Waals surface area contributed by atoms with E-state index in [1.54, 1.807) is 18.2 Å². The molecule has 146 valence electrons. The summed E-state index contributed by atoms with van der Waals surface area (Å²) in [4.78, 5) is 12.3. The number of benzene rings is 1. The lowest BCUT2D eigenvalue weighted by Gasteiger charge is -2.28. The van der Waals surface area contributed by atoms with Gasteiger partial charge in [-0.15, -0.1) is 0 Å². The van der Waals surface area contributed by atoms with E-state index >= 15 is 0 Å². The molecular formula is C23H25FN2O2. The van der Waals surface area contributed by atoms with Crippen molar-refractivity contribution in [3.05, 3.63) is 58.9 Å². The second kappa shape index (κ2) is 10.4.